The van der Waals surface area contributed by atoms with E-state index in [-0.39, 0.29) is 19.0 Å². The number of allylic oxidation sites excluding steroid dienone is 1. The molecule has 2 fully saturated rings. The molecule has 2 atom stereocenters. The third kappa shape index (κ3) is 4.03. The number of nitrogens with one attached hydrogen (secondary N) is 1. The van der Waals surface area contributed by atoms with Crippen LogP contribution in [0.4, 0.5) is 20.6 Å². The molecule has 1 aromatic carbocycles. The summed E-state index contributed by atoms with van der Waals surface area (Å²) in [6, 6.07) is 6.76. The normalized spacial score (nSPS) is 23.9. The van der Waals surface area contributed by atoms with Gasteiger partial charge in [-0.25, -0.2) is 9.18 Å². The number of carbonyl (C=O) groups excluding carboxylic acids is 2. The molecule has 0 saturated carbocycles. The number of carbonyl (C=O) groups is 2. The van der Waals surface area contributed by atoms with Crippen molar-refractivity contribution >= 4 is 23.9 Å². The molecule has 1 aromatic rings. The van der Waals surface area contributed by atoms with Crippen LogP contribution in [0.3, 0.4) is 0 Å². The maximum Gasteiger partial charge on any atom is 0.414 e. The van der Waals surface area contributed by atoms with E-state index in [2.05, 4.69) is 11.4 Å². The molecule has 0 spiro atoms. The predicted molar refractivity (Wildman–Crippen MR) is 97.8 cm³/mol. The lowest BCUT2D eigenvalue weighted by Crippen LogP contribution is -2.36. The van der Waals surface area contributed by atoms with Crippen molar-refractivity contribution in [2.24, 2.45) is 5.92 Å². The molecule has 0 aromatic heterocycles. The van der Waals surface area contributed by atoms with Crippen LogP contribution in [-0.4, -0.2) is 44.8 Å². The Balaban J connectivity index is 1.71. The molecule has 2 heterocycles. The second-order valence-electron chi connectivity index (χ2n) is 6.72. The quantitative estimate of drug-likeness (QED) is 0.633. The molecule has 0 radical (unpaired) electrons. The first kappa shape index (κ1) is 18.7. The number of nitriles is 1. The SMILES string of the molecule is CC1CN(c2ccc(N3C[C@H](CNC=O)OC3=O)cc2F)CC/C1=C\C#N. The van der Waals surface area contributed by atoms with E-state index in [1.54, 1.807) is 18.2 Å². The van der Waals surface area contributed by atoms with Gasteiger partial charge in [0.2, 0.25) is 6.41 Å². The Morgan fingerprint density at radius 3 is 2.93 bits per heavy atom. The fourth-order valence-corrected chi connectivity index (χ4v) is 3.50. The Kier molecular flexibility index (Phi) is 5.60. The Hall–Kier alpha value is -3.08. The number of cyclic esters (lactones) is 1. The molecule has 142 valence electrons. The van der Waals surface area contributed by atoms with Gasteiger partial charge < -0.3 is 15.0 Å². The van der Waals surface area contributed by atoms with Crippen LogP contribution in [0.1, 0.15) is 13.3 Å². The number of nitrogens with zero attached hydrogens (tertiary/aromatic N) is 3. The molecule has 27 heavy (non-hydrogen) atoms. The predicted octanol–water partition coefficient (Wildman–Crippen LogP) is 2.19. The minimum Gasteiger partial charge on any atom is -0.442 e. The second-order valence-corrected chi connectivity index (χ2v) is 6.72. The molecule has 2 aliphatic heterocycles. The highest BCUT2D eigenvalue weighted by molar-refractivity contribution is 5.90. The summed E-state index contributed by atoms with van der Waals surface area (Å²) in [6.45, 7) is 3.77. The summed E-state index contributed by atoms with van der Waals surface area (Å²) in [5, 5.41) is 11.3. The fourth-order valence-electron chi connectivity index (χ4n) is 3.50. The van der Waals surface area contributed by atoms with E-state index in [0.717, 1.165) is 12.0 Å². The minimum atomic E-state index is -0.558. The van der Waals surface area contributed by atoms with E-state index in [9.17, 15) is 14.0 Å². The Labute approximate surface area is 157 Å². The maximum atomic E-state index is 14.7. The number of anilines is 2. The van der Waals surface area contributed by atoms with Gasteiger partial charge in [0.05, 0.1) is 30.5 Å². The van der Waals surface area contributed by atoms with Gasteiger partial charge >= 0.3 is 6.09 Å². The van der Waals surface area contributed by atoms with Crippen LogP contribution in [0.15, 0.2) is 29.8 Å². The molecule has 1 unspecified atom stereocenters. The smallest absolute Gasteiger partial charge is 0.414 e. The Morgan fingerprint density at radius 2 is 2.26 bits per heavy atom. The highest BCUT2D eigenvalue weighted by atomic mass is 19.1. The molecule has 2 aliphatic rings. The third-order valence-electron chi connectivity index (χ3n) is 4.93. The van der Waals surface area contributed by atoms with Crippen LogP contribution in [0, 0.1) is 23.1 Å². The lowest BCUT2D eigenvalue weighted by Gasteiger charge is -2.34. The number of benzene rings is 1. The largest absolute Gasteiger partial charge is 0.442 e. The van der Waals surface area contributed by atoms with E-state index >= 15 is 0 Å². The number of piperidine rings is 1. The van der Waals surface area contributed by atoms with Gasteiger partial charge in [0.25, 0.3) is 0 Å². The summed E-state index contributed by atoms with van der Waals surface area (Å²) in [5.74, 6) is -0.230. The zero-order chi connectivity index (χ0) is 19.4. The summed E-state index contributed by atoms with van der Waals surface area (Å²) in [5.41, 5.74) is 1.99. The molecule has 3 rings (SSSR count). The molecular formula is C19H21FN4O3. The summed E-state index contributed by atoms with van der Waals surface area (Å²) >= 11 is 0. The topological polar surface area (TPSA) is 85.7 Å². The number of halogens is 1. The van der Waals surface area contributed by atoms with Gasteiger partial charge in [-0.3, -0.25) is 9.69 Å². The standard InChI is InChI=1S/C19H21FN4O3/c1-13-10-23(7-5-14(13)4-6-21)18-3-2-15(8-17(18)20)24-11-16(9-22-12-25)27-19(24)26/h2-4,8,12-13,16H,5,7,9-11H2,1H3,(H,22,25)/b14-4+/t13?,16-/m0/s1. The van der Waals surface area contributed by atoms with Crippen molar-refractivity contribution in [3.8, 4) is 6.07 Å². The molecule has 2 amide bonds. The highest BCUT2D eigenvalue weighted by Gasteiger charge is 2.33. The molecule has 2 saturated heterocycles. The van der Waals surface area contributed by atoms with Crippen LogP contribution < -0.4 is 15.1 Å². The maximum absolute atomic E-state index is 14.7. The van der Waals surface area contributed by atoms with Crippen LogP contribution in [-0.2, 0) is 9.53 Å². The van der Waals surface area contributed by atoms with E-state index in [0.29, 0.717) is 30.9 Å². The Morgan fingerprint density at radius 1 is 1.44 bits per heavy atom. The van der Waals surface area contributed by atoms with Gasteiger partial charge in [0.1, 0.15) is 11.9 Å². The van der Waals surface area contributed by atoms with Crippen molar-refractivity contribution < 1.29 is 18.7 Å². The summed E-state index contributed by atoms with van der Waals surface area (Å²) < 4.78 is 19.9. The summed E-state index contributed by atoms with van der Waals surface area (Å²) in [4.78, 5) is 25.7. The first-order chi connectivity index (χ1) is 13.0. The zero-order valence-electron chi connectivity index (χ0n) is 15.0. The van der Waals surface area contributed by atoms with Crippen LogP contribution >= 0.6 is 0 Å². The second kappa shape index (κ2) is 8.08. The molecule has 0 bridgehead atoms. The number of hydrogen-bond acceptors (Lipinski definition) is 5. The van der Waals surface area contributed by atoms with Crippen molar-refractivity contribution in [3.05, 3.63) is 35.7 Å². The first-order valence-corrected chi connectivity index (χ1v) is 8.81. The van der Waals surface area contributed by atoms with Gasteiger partial charge in [-0.05, 0) is 30.5 Å². The molecule has 7 nitrogen and oxygen atoms in total. The van der Waals surface area contributed by atoms with Crippen LogP contribution in [0.2, 0.25) is 0 Å². The average molecular weight is 372 g/mol. The van der Waals surface area contributed by atoms with Crippen molar-refractivity contribution in [1.82, 2.24) is 5.32 Å². The van der Waals surface area contributed by atoms with Gasteiger partial charge in [-0.15, -0.1) is 0 Å². The van der Waals surface area contributed by atoms with Gasteiger partial charge in [0.15, 0.2) is 0 Å². The highest BCUT2D eigenvalue weighted by Crippen LogP contribution is 2.31. The van der Waals surface area contributed by atoms with Gasteiger partial charge in [-0.2, -0.15) is 5.26 Å². The molecule has 8 heteroatoms. The minimum absolute atomic E-state index is 0.178. The molecule has 0 aliphatic carbocycles. The average Bonchev–Trinajstić information content (AvgIpc) is 3.02. The van der Waals surface area contributed by atoms with Crippen LogP contribution in [0.25, 0.3) is 0 Å². The third-order valence-corrected chi connectivity index (χ3v) is 4.93. The van der Waals surface area contributed by atoms with E-state index < -0.39 is 18.0 Å². The number of amides is 2. The zero-order valence-corrected chi connectivity index (χ0v) is 15.0. The molecular weight excluding hydrogens is 351 g/mol. The van der Waals surface area contributed by atoms with Crippen molar-refractivity contribution in [1.29, 1.82) is 5.26 Å². The van der Waals surface area contributed by atoms with Crippen molar-refractivity contribution in [2.75, 3.05) is 36.0 Å². The number of rotatable bonds is 5. The van der Waals surface area contributed by atoms with E-state index in [4.69, 9.17) is 10.00 Å². The number of hydrogen-bond donors (Lipinski definition) is 1. The Bertz CT molecular complexity index is 805. The van der Waals surface area contributed by atoms with Gasteiger partial charge in [-0.1, -0.05) is 12.5 Å². The summed E-state index contributed by atoms with van der Waals surface area (Å²) in [6.07, 6.45) is 1.83. The van der Waals surface area contributed by atoms with E-state index in [1.165, 1.54) is 11.0 Å². The lowest BCUT2D eigenvalue weighted by molar-refractivity contribution is -0.109. The first-order valence-electron chi connectivity index (χ1n) is 8.81. The summed E-state index contributed by atoms with van der Waals surface area (Å²) in [7, 11) is 0. The molecule has 1 N–H and O–H groups in total. The monoisotopic (exact) mass is 372 g/mol. The fraction of sp³-hybridized carbons (Fsp3) is 0.421. The lowest BCUT2D eigenvalue weighted by atomic mass is 9.92. The van der Waals surface area contributed by atoms with Crippen LogP contribution in [0.5, 0.6) is 0 Å². The van der Waals surface area contributed by atoms with Crippen molar-refractivity contribution in [3.63, 3.8) is 0 Å². The van der Waals surface area contributed by atoms with E-state index in [1.807, 2.05) is 11.8 Å². The number of ether oxygens (including phenoxy) is 1. The van der Waals surface area contributed by atoms with Crippen molar-refractivity contribution in [2.45, 2.75) is 19.4 Å². The van der Waals surface area contributed by atoms with Gasteiger partial charge in [0, 0.05) is 19.2 Å².